The smallest absolute Gasteiger partial charge is 0.404 e. The first-order valence-electron chi connectivity index (χ1n) is 9.89. The molecule has 2 atom stereocenters. The number of nitrogens with zero attached hydrogens (tertiary/aromatic N) is 2. The van der Waals surface area contributed by atoms with Gasteiger partial charge in [-0.15, -0.1) is 0 Å². The second-order valence-electron chi connectivity index (χ2n) is 7.80. The highest BCUT2D eigenvalue weighted by atomic mass is 16.5. The van der Waals surface area contributed by atoms with E-state index < -0.39 is 6.09 Å². The number of benzene rings is 1. The molecule has 0 aliphatic carbocycles. The zero-order valence-electron chi connectivity index (χ0n) is 17.7. The Labute approximate surface area is 175 Å². The second kappa shape index (κ2) is 8.57. The molecule has 3 aromatic rings. The number of carbonyl (C=O) groups is 1. The van der Waals surface area contributed by atoms with Crippen LogP contribution in [0.5, 0.6) is 5.75 Å². The van der Waals surface area contributed by atoms with E-state index in [0.717, 1.165) is 21.9 Å². The first-order chi connectivity index (χ1) is 14.2. The Bertz CT molecular complexity index is 1180. The Morgan fingerprint density at radius 3 is 2.77 bits per heavy atom. The summed E-state index contributed by atoms with van der Waals surface area (Å²) in [7, 11) is 1.75. The average Bonchev–Trinajstić information content (AvgIpc) is 2.69. The lowest BCUT2D eigenvalue weighted by Gasteiger charge is -2.19. The number of nitrogens with one attached hydrogen (secondary N) is 1. The lowest BCUT2D eigenvalue weighted by Crippen LogP contribution is -2.33. The summed E-state index contributed by atoms with van der Waals surface area (Å²) < 4.78 is 7.68. The molecule has 0 fully saturated rings. The number of aromatic nitrogens is 2. The minimum Gasteiger partial charge on any atom is -0.493 e. The summed E-state index contributed by atoms with van der Waals surface area (Å²) in [5.41, 5.74) is 2.21. The van der Waals surface area contributed by atoms with E-state index in [1.165, 1.54) is 0 Å². The molecular weight excluding hydrogens is 382 g/mol. The molecule has 1 amide bonds. The van der Waals surface area contributed by atoms with Crippen molar-refractivity contribution in [1.29, 1.82) is 0 Å². The standard InChI is InChI=1S/C23H27N3O4/c1-6-16-10-18-17-7-8-24-15(4)21(17)22(27)26(5)19(18)11-20(16)30-12-13(2)9-14(3)25-23(28)29/h6-8,10-11,13-14,25H,1,9,12H2,2-5H3,(H,28,29). The maximum atomic E-state index is 12.9. The van der Waals surface area contributed by atoms with Crippen LogP contribution in [-0.2, 0) is 7.05 Å². The van der Waals surface area contributed by atoms with Crippen molar-refractivity contribution < 1.29 is 14.6 Å². The quantitative estimate of drug-likeness (QED) is 0.573. The van der Waals surface area contributed by atoms with Gasteiger partial charge < -0.3 is 19.7 Å². The second-order valence-corrected chi connectivity index (χ2v) is 7.80. The van der Waals surface area contributed by atoms with Crippen molar-refractivity contribution in [2.45, 2.75) is 33.2 Å². The molecule has 2 unspecified atom stereocenters. The van der Waals surface area contributed by atoms with Crippen molar-refractivity contribution in [1.82, 2.24) is 14.9 Å². The molecule has 0 radical (unpaired) electrons. The van der Waals surface area contributed by atoms with Gasteiger partial charge in [0.25, 0.3) is 5.56 Å². The van der Waals surface area contributed by atoms with Crippen molar-refractivity contribution in [3.8, 4) is 5.75 Å². The van der Waals surface area contributed by atoms with Crippen LogP contribution < -0.4 is 15.6 Å². The van der Waals surface area contributed by atoms with E-state index in [0.29, 0.717) is 29.9 Å². The molecular formula is C23H27N3O4. The van der Waals surface area contributed by atoms with Crippen molar-refractivity contribution >= 4 is 33.8 Å². The van der Waals surface area contributed by atoms with Crippen LogP contribution in [0.2, 0.25) is 0 Å². The summed E-state index contributed by atoms with van der Waals surface area (Å²) in [6.07, 6.45) is 3.07. The van der Waals surface area contributed by atoms with E-state index in [9.17, 15) is 9.59 Å². The van der Waals surface area contributed by atoms with Crippen molar-refractivity contribution in [3.05, 3.63) is 52.6 Å². The lowest BCUT2D eigenvalue weighted by molar-refractivity contribution is 0.185. The maximum Gasteiger partial charge on any atom is 0.404 e. The van der Waals surface area contributed by atoms with Gasteiger partial charge in [-0.05, 0) is 43.7 Å². The SMILES string of the molecule is C=Cc1cc2c3ccnc(C)c3c(=O)n(C)c2cc1OCC(C)CC(C)NC(=O)O. The summed E-state index contributed by atoms with van der Waals surface area (Å²) >= 11 is 0. The molecule has 0 aliphatic rings. The Hall–Kier alpha value is -3.35. The Kier molecular flexibility index (Phi) is 6.10. The third kappa shape index (κ3) is 4.15. The van der Waals surface area contributed by atoms with Crippen LogP contribution in [0.4, 0.5) is 4.79 Å². The van der Waals surface area contributed by atoms with Crippen LogP contribution in [-0.4, -0.2) is 33.4 Å². The third-order valence-corrected chi connectivity index (χ3v) is 5.31. The predicted molar refractivity (Wildman–Crippen MR) is 119 cm³/mol. The first-order valence-corrected chi connectivity index (χ1v) is 9.89. The van der Waals surface area contributed by atoms with Gasteiger partial charge in [0.05, 0.1) is 23.2 Å². The molecule has 1 aromatic carbocycles. The summed E-state index contributed by atoms with van der Waals surface area (Å²) in [6.45, 7) is 10.00. The molecule has 0 bridgehead atoms. The van der Waals surface area contributed by atoms with Crippen molar-refractivity contribution in [2.24, 2.45) is 13.0 Å². The molecule has 158 valence electrons. The molecule has 0 spiro atoms. The minimum atomic E-state index is -1.03. The number of rotatable bonds is 7. The van der Waals surface area contributed by atoms with Crippen LogP contribution in [0.1, 0.15) is 31.5 Å². The average molecular weight is 409 g/mol. The molecule has 0 saturated heterocycles. The van der Waals surface area contributed by atoms with Gasteiger partial charge in [-0.3, -0.25) is 9.78 Å². The van der Waals surface area contributed by atoms with Gasteiger partial charge in [-0.1, -0.05) is 19.6 Å². The molecule has 30 heavy (non-hydrogen) atoms. The van der Waals surface area contributed by atoms with Gasteiger partial charge in [-0.25, -0.2) is 4.79 Å². The van der Waals surface area contributed by atoms with Crippen molar-refractivity contribution in [3.63, 3.8) is 0 Å². The molecule has 3 rings (SSSR count). The van der Waals surface area contributed by atoms with Gasteiger partial charge in [0.1, 0.15) is 5.75 Å². The van der Waals surface area contributed by atoms with Crippen LogP contribution >= 0.6 is 0 Å². The fourth-order valence-corrected chi connectivity index (χ4v) is 3.87. The zero-order valence-corrected chi connectivity index (χ0v) is 17.7. The highest BCUT2D eigenvalue weighted by molar-refractivity contribution is 6.07. The molecule has 0 aliphatic heterocycles. The summed E-state index contributed by atoms with van der Waals surface area (Å²) in [6, 6.07) is 5.55. The lowest BCUT2D eigenvalue weighted by atomic mass is 10.0. The number of pyridine rings is 2. The van der Waals surface area contributed by atoms with E-state index in [2.05, 4.69) is 16.9 Å². The Morgan fingerprint density at radius 1 is 1.37 bits per heavy atom. The van der Waals surface area contributed by atoms with Gasteiger partial charge >= 0.3 is 6.09 Å². The summed E-state index contributed by atoms with van der Waals surface area (Å²) in [4.78, 5) is 27.9. The summed E-state index contributed by atoms with van der Waals surface area (Å²) in [5.74, 6) is 0.776. The fourth-order valence-electron chi connectivity index (χ4n) is 3.87. The van der Waals surface area contributed by atoms with E-state index in [-0.39, 0.29) is 17.5 Å². The van der Waals surface area contributed by atoms with Crippen LogP contribution in [0.3, 0.4) is 0 Å². The van der Waals surface area contributed by atoms with E-state index >= 15 is 0 Å². The first kappa shape index (κ1) is 21.4. The molecule has 0 saturated carbocycles. The number of amides is 1. The van der Waals surface area contributed by atoms with Crippen LogP contribution in [0, 0.1) is 12.8 Å². The topological polar surface area (TPSA) is 93.5 Å². The minimum absolute atomic E-state index is 0.0951. The van der Waals surface area contributed by atoms with E-state index in [1.807, 2.05) is 39.0 Å². The largest absolute Gasteiger partial charge is 0.493 e. The van der Waals surface area contributed by atoms with Crippen molar-refractivity contribution in [2.75, 3.05) is 6.61 Å². The number of ether oxygens (including phenoxy) is 1. The zero-order chi connectivity index (χ0) is 22.0. The number of aryl methyl sites for hydroxylation is 2. The fraction of sp³-hybridized carbons (Fsp3) is 0.348. The van der Waals surface area contributed by atoms with Gasteiger partial charge in [0, 0.05) is 36.3 Å². The molecule has 2 aromatic heterocycles. The number of hydrogen-bond acceptors (Lipinski definition) is 4. The molecule has 7 heteroatoms. The van der Waals surface area contributed by atoms with E-state index in [1.54, 1.807) is 23.9 Å². The summed E-state index contributed by atoms with van der Waals surface area (Å²) in [5, 5.41) is 13.7. The molecule has 7 nitrogen and oxygen atoms in total. The number of hydrogen-bond donors (Lipinski definition) is 2. The molecule has 2 N–H and O–H groups in total. The predicted octanol–water partition coefficient (Wildman–Crippen LogP) is 4.10. The number of carboxylic acid groups (broad SMARTS) is 1. The monoisotopic (exact) mass is 409 g/mol. The Balaban J connectivity index is 1.98. The van der Waals surface area contributed by atoms with Crippen LogP contribution in [0.15, 0.2) is 35.8 Å². The number of fused-ring (bicyclic) bond motifs is 3. The molecule has 2 heterocycles. The van der Waals surface area contributed by atoms with Gasteiger partial charge in [-0.2, -0.15) is 0 Å². The normalized spacial score (nSPS) is 13.2. The third-order valence-electron chi connectivity index (χ3n) is 5.31. The van der Waals surface area contributed by atoms with Gasteiger partial charge in [0.15, 0.2) is 0 Å². The Morgan fingerprint density at radius 2 is 2.10 bits per heavy atom. The highest BCUT2D eigenvalue weighted by Gasteiger charge is 2.16. The highest BCUT2D eigenvalue weighted by Crippen LogP contribution is 2.31. The van der Waals surface area contributed by atoms with Gasteiger partial charge in [0.2, 0.25) is 0 Å². The van der Waals surface area contributed by atoms with E-state index in [4.69, 9.17) is 9.84 Å². The maximum absolute atomic E-state index is 12.9. The van der Waals surface area contributed by atoms with Crippen LogP contribution in [0.25, 0.3) is 27.8 Å².